The van der Waals surface area contributed by atoms with Gasteiger partial charge >= 0.3 is 0 Å². The van der Waals surface area contributed by atoms with Gasteiger partial charge in [0.05, 0.1) is 18.8 Å². The number of carbonyl (C=O) groups is 1. The summed E-state index contributed by atoms with van der Waals surface area (Å²) in [7, 11) is 0. The maximum Gasteiger partial charge on any atom is 0.176 e. The molecule has 0 atom stereocenters. The predicted octanol–water partition coefficient (Wildman–Crippen LogP) is 2.03. The van der Waals surface area contributed by atoms with Crippen molar-refractivity contribution in [3.05, 3.63) is 53.9 Å². The first-order valence-electron chi connectivity index (χ1n) is 6.86. The molecule has 0 saturated heterocycles. The second-order valence-corrected chi connectivity index (χ2v) is 4.57. The molecule has 0 amide bonds. The molecule has 0 aliphatic rings. The number of nitrogen functional groups attached to an aromatic ring is 1. The van der Waals surface area contributed by atoms with E-state index in [0.717, 1.165) is 5.56 Å². The molecule has 3 N–H and O–H groups in total. The van der Waals surface area contributed by atoms with Crippen molar-refractivity contribution in [2.45, 2.75) is 13.5 Å². The van der Waals surface area contributed by atoms with Crippen LogP contribution in [0.3, 0.4) is 0 Å². The van der Waals surface area contributed by atoms with E-state index in [1.165, 1.54) is 0 Å². The van der Waals surface area contributed by atoms with E-state index >= 15 is 0 Å². The van der Waals surface area contributed by atoms with Crippen LogP contribution in [0.5, 0.6) is 5.75 Å². The zero-order valence-corrected chi connectivity index (χ0v) is 12.0. The number of nitrogens with zero attached hydrogens (tertiary/aromatic N) is 1. The minimum atomic E-state index is -0.00111. The molecule has 0 radical (unpaired) electrons. The first-order chi connectivity index (χ1) is 10.2. The van der Waals surface area contributed by atoms with Gasteiger partial charge in [0.15, 0.2) is 5.78 Å². The van der Waals surface area contributed by atoms with Crippen molar-refractivity contribution in [2.24, 2.45) is 0 Å². The maximum atomic E-state index is 12.1. The summed E-state index contributed by atoms with van der Waals surface area (Å²) in [6, 6.07) is 8.94. The number of hydrogen-bond acceptors (Lipinski definition) is 5. The van der Waals surface area contributed by atoms with Gasteiger partial charge < -0.3 is 15.8 Å². The van der Waals surface area contributed by atoms with Crippen LogP contribution < -0.4 is 15.8 Å². The number of hydrogen-bond donors (Lipinski definition) is 2. The molecular formula is C16H19N3O2. The van der Waals surface area contributed by atoms with E-state index in [4.69, 9.17) is 10.5 Å². The zero-order valence-electron chi connectivity index (χ0n) is 12.0. The van der Waals surface area contributed by atoms with Gasteiger partial charge in [-0.05, 0) is 42.8 Å². The second kappa shape index (κ2) is 7.40. The quantitative estimate of drug-likeness (QED) is 0.601. The van der Waals surface area contributed by atoms with Gasteiger partial charge in [0, 0.05) is 24.5 Å². The molecule has 0 aliphatic carbocycles. The number of nitrogens with two attached hydrogens (primary N) is 1. The van der Waals surface area contributed by atoms with Crippen LogP contribution in [0.15, 0.2) is 42.7 Å². The lowest BCUT2D eigenvalue weighted by molar-refractivity contribution is 0.0991. The van der Waals surface area contributed by atoms with Gasteiger partial charge in [0.2, 0.25) is 0 Å². The molecule has 2 aromatic rings. The number of ketones is 1. The van der Waals surface area contributed by atoms with Crippen LogP contribution in [-0.2, 0) is 6.54 Å². The maximum absolute atomic E-state index is 12.1. The van der Waals surface area contributed by atoms with E-state index in [-0.39, 0.29) is 12.3 Å². The molecule has 1 aromatic carbocycles. The third kappa shape index (κ3) is 4.29. The van der Waals surface area contributed by atoms with Crippen LogP contribution in [0.2, 0.25) is 0 Å². The highest BCUT2D eigenvalue weighted by atomic mass is 16.5. The lowest BCUT2D eigenvalue weighted by Crippen LogP contribution is -2.22. The average Bonchev–Trinajstić information content (AvgIpc) is 2.50. The van der Waals surface area contributed by atoms with E-state index in [1.807, 2.05) is 19.1 Å². The van der Waals surface area contributed by atoms with Crippen molar-refractivity contribution in [1.82, 2.24) is 10.3 Å². The van der Waals surface area contributed by atoms with Gasteiger partial charge in [0.25, 0.3) is 0 Å². The Kier molecular flexibility index (Phi) is 5.29. The fraction of sp³-hybridized carbons (Fsp3) is 0.250. The number of anilines is 1. The first-order valence-corrected chi connectivity index (χ1v) is 6.86. The molecule has 5 heteroatoms. The summed E-state index contributed by atoms with van der Waals surface area (Å²) < 4.78 is 5.35. The van der Waals surface area contributed by atoms with Crippen LogP contribution in [0.25, 0.3) is 0 Å². The standard InChI is InChI=1S/C16H19N3O2/c1-2-21-16-4-3-13(9-14(16)17)15(20)11-19-10-12-5-7-18-8-6-12/h3-9,19H,2,10-11,17H2,1H3. The highest BCUT2D eigenvalue weighted by Gasteiger charge is 2.08. The Labute approximate surface area is 124 Å². The fourth-order valence-electron chi connectivity index (χ4n) is 1.93. The van der Waals surface area contributed by atoms with Crippen molar-refractivity contribution in [1.29, 1.82) is 0 Å². The number of Topliss-reactive ketones (excluding diaryl/α,β-unsaturated/α-hetero) is 1. The number of carbonyl (C=O) groups excluding carboxylic acids is 1. The van der Waals surface area contributed by atoms with Crippen molar-refractivity contribution in [2.75, 3.05) is 18.9 Å². The van der Waals surface area contributed by atoms with Crippen LogP contribution >= 0.6 is 0 Å². The summed E-state index contributed by atoms with van der Waals surface area (Å²) in [5.74, 6) is 0.609. The Bertz CT molecular complexity index is 600. The molecule has 1 heterocycles. The predicted molar refractivity (Wildman–Crippen MR) is 82.3 cm³/mol. The van der Waals surface area contributed by atoms with Gasteiger partial charge in [0.1, 0.15) is 5.75 Å². The third-order valence-electron chi connectivity index (χ3n) is 3.00. The van der Waals surface area contributed by atoms with Crippen molar-refractivity contribution >= 4 is 11.5 Å². The van der Waals surface area contributed by atoms with Crippen LogP contribution in [-0.4, -0.2) is 23.9 Å². The van der Waals surface area contributed by atoms with Crippen molar-refractivity contribution in [3.8, 4) is 5.75 Å². The minimum Gasteiger partial charge on any atom is -0.492 e. The number of pyridine rings is 1. The Morgan fingerprint density at radius 3 is 2.71 bits per heavy atom. The number of ether oxygens (including phenoxy) is 1. The van der Waals surface area contributed by atoms with Crippen molar-refractivity contribution < 1.29 is 9.53 Å². The SMILES string of the molecule is CCOc1ccc(C(=O)CNCc2ccncc2)cc1N. The van der Waals surface area contributed by atoms with E-state index in [1.54, 1.807) is 30.6 Å². The van der Waals surface area contributed by atoms with Gasteiger partial charge in [-0.25, -0.2) is 0 Å². The second-order valence-electron chi connectivity index (χ2n) is 4.57. The van der Waals surface area contributed by atoms with Gasteiger partial charge in [-0.1, -0.05) is 0 Å². The fourth-order valence-corrected chi connectivity index (χ4v) is 1.93. The summed E-state index contributed by atoms with van der Waals surface area (Å²) >= 11 is 0. The van der Waals surface area contributed by atoms with Gasteiger partial charge in [-0.15, -0.1) is 0 Å². The highest BCUT2D eigenvalue weighted by Crippen LogP contribution is 2.22. The number of nitrogens with one attached hydrogen (secondary N) is 1. The summed E-state index contributed by atoms with van der Waals surface area (Å²) in [5, 5.41) is 3.11. The smallest absolute Gasteiger partial charge is 0.176 e. The molecule has 0 saturated carbocycles. The number of aromatic nitrogens is 1. The third-order valence-corrected chi connectivity index (χ3v) is 3.00. The van der Waals surface area contributed by atoms with E-state index in [9.17, 15) is 4.79 Å². The summed E-state index contributed by atoms with van der Waals surface area (Å²) in [6.07, 6.45) is 3.46. The van der Waals surface area contributed by atoms with E-state index in [0.29, 0.717) is 30.2 Å². The lowest BCUT2D eigenvalue weighted by atomic mass is 10.1. The summed E-state index contributed by atoms with van der Waals surface area (Å²) in [4.78, 5) is 16.0. The van der Waals surface area contributed by atoms with Crippen LogP contribution in [0.4, 0.5) is 5.69 Å². The zero-order chi connectivity index (χ0) is 15.1. The minimum absolute atomic E-state index is 0.00111. The Morgan fingerprint density at radius 1 is 1.29 bits per heavy atom. The van der Waals surface area contributed by atoms with Crippen LogP contribution in [0.1, 0.15) is 22.8 Å². The number of benzene rings is 1. The Morgan fingerprint density at radius 2 is 2.05 bits per heavy atom. The molecule has 5 nitrogen and oxygen atoms in total. The Balaban J connectivity index is 1.90. The molecule has 0 unspecified atom stereocenters. The molecule has 110 valence electrons. The summed E-state index contributed by atoms with van der Waals surface area (Å²) in [6.45, 7) is 3.32. The molecule has 0 fully saturated rings. The van der Waals surface area contributed by atoms with E-state index in [2.05, 4.69) is 10.3 Å². The normalized spacial score (nSPS) is 10.3. The molecule has 0 spiro atoms. The molecule has 1 aromatic heterocycles. The van der Waals surface area contributed by atoms with Crippen molar-refractivity contribution in [3.63, 3.8) is 0 Å². The molecule has 21 heavy (non-hydrogen) atoms. The van der Waals surface area contributed by atoms with Gasteiger partial charge in [-0.3, -0.25) is 9.78 Å². The topological polar surface area (TPSA) is 77.2 Å². The molecule has 0 aliphatic heterocycles. The first kappa shape index (κ1) is 15.0. The van der Waals surface area contributed by atoms with E-state index < -0.39 is 0 Å². The lowest BCUT2D eigenvalue weighted by Gasteiger charge is -2.09. The monoisotopic (exact) mass is 285 g/mol. The Hall–Kier alpha value is -2.40. The molecule has 0 bridgehead atoms. The van der Waals surface area contributed by atoms with Crippen LogP contribution in [0, 0.1) is 0 Å². The highest BCUT2D eigenvalue weighted by molar-refractivity contribution is 5.98. The summed E-state index contributed by atoms with van der Waals surface area (Å²) in [5.41, 5.74) is 8.01. The molecule has 2 rings (SSSR count). The molecular weight excluding hydrogens is 266 g/mol. The average molecular weight is 285 g/mol. The largest absolute Gasteiger partial charge is 0.492 e. The number of rotatable bonds is 7. The van der Waals surface area contributed by atoms with Gasteiger partial charge in [-0.2, -0.15) is 0 Å².